The maximum absolute atomic E-state index is 12.9. The van der Waals surface area contributed by atoms with Crippen LogP contribution in [0.4, 0.5) is 0 Å². The fourth-order valence-corrected chi connectivity index (χ4v) is 4.80. The second kappa shape index (κ2) is 10.7. The average molecular weight is 477 g/mol. The molecule has 1 atom stereocenters. The largest absolute Gasteiger partial charge is 0.361 e. The Bertz CT molecular complexity index is 1190. The summed E-state index contributed by atoms with van der Waals surface area (Å²) in [5.74, 6) is 1.64. The molecular weight excluding hydrogens is 452 g/mol. The van der Waals surface area contributed by atoms with Crippen LogP contribution in [0.3, 0.4) is 0 Å². The molecule has 4 nitrogen and oxygen atoms in total. The van der Waals surface area contributed by atoms with Crippen molar-refractivity contribution in [3.8, 4) is 0 Å². The Balaban J connectivity index is 1.40. The van der Waals surface area contributed by atoms with E-state index in [1.54, 1.807) is 11.8 Å². The number of hydrogen-bond donors (Lipinski definition) is 1. The van der Waals surface area contributed by atoms with E-state index in [2.05, 4.69) is 22.6 Å². The minimum absolute atomic E-state index is 0.0325. The first-order valence-electron chi connectivity index (χ1n) is 10.7. The quantitative estimate of drug-likeness (QED) is 0.288. The molecule has 1 amide bonds. The summed E-state index contributed by atoms with van der Waals surface area (Å²) in [5, 5.41) is 7.86. The molecule has 0 spiro atoms. The highest BCUT2D eigenvalue weighted by atomic mass is 35.5. The van der Waals surface area contributed by atoms with Gasteiger partial charge in [-0.15, -0.1) is 11.8 Å². The minimum Gasteiger partial charge on any atom is -0.361 e. The monoisotopic (exact) mass is 476 g/mol. The summed E-state index contributed by atoms with van der Waals surface area (Å²) in [5.41, 5.74) is 5.06. The first-order chi connectivity index (χ1) is 16.0. The number of carbonyl (C=O) groups is 1. The van der Waals surface area contributed by atoms with Gasteiger partial charge in [0, 0.05) is 21.2 Å². The molecular formula is C27H25ClN2O2S. The predicted octanol–water partition coefficient (Wildman–Crippen LogP) is 6.69. The summed E-state index contributed by atoms with van der Waals surface area (Å²) in [6.45, 7) is 3.89. The number of hydrogen-bond acceptors (Lipinski definition) is 4. The van der Waals surface area contributed by atoms with E-state index >= 15 is 0 Å². The van der Waals surface area contributed by atoms with Crippen LogP contribution in [0.15, 0.2) is 88.3 Å². The molecule has 1 heterocycles. The van der Waals surface area contributed by atoms with Crippen molar-refractivity contribution in [3.63, 3.8) is 0 Å². The van der Waals surface area contributed by atoms with E-state index in [1.807, 2.05) is 80.6 Å². The number of benzene rings is 3. The number of halogens is 1. The summed E-state index contributed by atoms with van der Waals surface area (Å²) in [6.07, 6.45) is 0.311. The number of amides is 1. The molecule has 1 N–H and O–H groups in total. The molecule has 0 saturated heterocycles. The summed E-state index contributed by atoms with van der Waals surface area (Å²) < 4.78 is 5.23. The Morgan fingerprint density at radius 2 is 1.64 bits per heavy atom. The van der Waals surface area contributed by atoms with Crippen molar-refractivity contribution >= 4 is 29.3 Å². The van der Waals surface area contributed by atoms with Crippen molar-refractivity contribution in [3.05, 3.63) is 118 Å². The highest BCUT2D eigenvalue weighted by molar-refractivity contribution is 7.98. The Labute approximate surface area is 203 Å². The van der Waals surface area contributed by atoms with E-state index < -0.39 is 0 Å². The van der Waals surface area contributed by atoms with Gasteiger partial charge in [-0.05, 0) is 54.8 Å². The van der Waals surface area contributed by atoms with Crippen LogP contribution in [0.5, 0.6) is 0 Å². The van der Waals surface area contributed by atoms with Crippen LogP contribution < -0.4 is 5.32 Å². The highest BCUT2D eigenvalue weighted by Gasteiger charge is 2.17. The summed E-state index contributed by atoms with van der Waals surface area (Å²) >= 11 is 7.79. The number of thioether (sulfide) groups is 1. The minimum atomic E-state index is -0.235. The molecule has 3 aromatic carbocycles. The van der Waals surface area contributed by atoms with Crippen molar-refractivity contribution in [2.75, 3.05) is 0 Å². The van der Waals surface area contributed by atoms with Gasteiger partial charge in [-0.2, -0.15) is 0 Å². The second-order valence-electron chi connectivity index (χ2n) is 7.87. The van der Waals surface area contributed by atoms with Crippen molar-refractivity contribution in [2.24, 2.45) is 0 Å². The predicted molar refractivity (Wildman–Crippen MR) is 134 cm³/mol. The summed E-state index contributed by atoms with van der Waals surface area (Å²) in [4.78, 5) is 14.1. The van der Waals surface area contributed by atoms with Gasteiger partial charge < -0.3 is 9.84 Å². The van der Waals surface area contributed by atoms with E-state index in [9.17, 15) is 4.79 Å². The molecule has 0 radical (unpaired) electrons. The van der Waals surface area contributed by atoms with E-state index in [0.717, 1.165) is 44.4 Å². The highest BCUT2D eigenvalue weighted by Crippen LogP contribution is 2.27. The Kier molecular flexibility index (Phi) is 7.53. The Morgan fingerprint density at radius 3 is 2.27 bits per heavy atom. The van der Waals surface area contributed by atoms with Crippen LogP contribution in [-0.4, -0.2) is 11.1 Å². The Hall–Kier alpha value is -3.02. The third kappa shape index (κ3) is 6.06. The van der Waals surface area contributed by atoms with Gasteiger partial charge in [0.05, 0.1) is 18.2 Å². The zero-order chi connectivity index (χ0) is 23.2. The normalized spacial score (nSPS) is 11.8. The molecule has 1 unspecified atom stereocenters. The summed E-state index contributed by atoms with van der Waals surface area (Å²) in [6, 6.07) is 25.4. The molecule has 0 saturated carbocycles. The van der Waals surface area contributed by atoms with Crippen molar-refractivity contribution in [2.45, 2.75) is 37.0 Å². The van der Waals surface area contributed by atoms with Crippen LogP contribution in [0.2, 0.25) is 5.02 Å². The lowest BCUT2D eigenvalue weighted by Gasteiger charge is -2.20. The standard InChI is InChI=1S/C27H25ClN2O2S/c1-18-25(19(2)32-30-18)17-33-24-14-8-20(9-15-24)16-26(31)29-27(21-6-4-3-5-7-21)22-10-12-23(28)13-11-22/h3-15,27H,16-17H2,1-2H3,(H,29,31). The number of aryl methyl sites for hydroxylation is 2. The van der Waals surface area contributed by atoms with Gasteiger partial charge in [0.25, 0.3) is 0 Å². The smallest absolute Gasteiger partial charge is 0.225 e. The lowest BCUT2D eigenvalue weighted by Crippen LogP contribution is -2.30. The zero-order valence-corrected chi connectivity index (χ0v) is 20.1. The molecule has 6 heteroatoms. The van der Waals surface area contributed by atoms with E-state index in [-0.39, 0.29) is 11.9 Å². The van der Waals surface area contributed by atoms with Gasteiger partial charge in [-0.25, -0.2) is 0 Å². The van der Waals surface area contributed by atoms with Gasteiger partial charge in [-0.1, -0.05) is 71.4 Å². The molecule has 1 aromatic heterocycles. The molecule has 0 aliphatic carbocycles. The lowest BCUT2D eigenvalue weighted by molar-refractivity contribution is -0.120. The zero-order valence-electron chi connectivity index (χ0n) is 18.5. The van der Waals surface area contributed by atoms with Crippen molar-refractivity contribution in [1.82, 2.24) is 10.5 Å². The fourth-order valence-electron chi connectivity index (χ4n) is 3.62. The molecule has 4 rings (SSSR count). The van der Waals surface area contributed by atoms with E-state index in [4.69, 9.17) is 16.1 Å². The van der Waals surface area contributed by atoms with Crippen LogP contribution in [0.25, 0.3) is 0 Å². The fraction of sp³-hybridized carbons (Fsp3) is 0.185. The number of aromatic nitrogens is 1. The van der Waals surface area contributed by atoms with E-state index in [1.165, 1.54) is 0 Å². The second-order valence-corrected chi connectivity index (χ2v) is 9.36. The maximum atomic E-state index is 12.9. The molecule has 0 bridgehead atoms. The lowest BCUT2D eigenvalue weighted by atomic mass is 9.98. The topological polar surface area (TPSA) is 55.1 Å². The van der Waals surface area contributed by atoms with Gasteiger partial charge in [0.1, 0.15) is 5.76 Å². The molecule has 168 valence electrons. The Morgan fingerprint density at radius 1 is 0.970 bits per heavy atom. The first kappa shape index (κ1) is 23.1. The van der Waals surface area contributed by atoms with Crippen LogP contribution >= 0.6 is 23.4 Å². The van der Waals surface area contributed by atoms with E-state index in [0.29, 0.717) is 11.4 Å². The summed E-state index contributed by atoms with van der Waals surface area (Å²) in [7, 11) is 0. The third-order valence-electron chi connectivity index (χ3n) is 5.49. The number of nitrogens with zero attached hydrogens (tertiary/aromatic N) is 1. The maximum Gasteiger partial charge on any atom is 0.225 e. The molecule has 4 aromatic rings. The van der Waals surface area contributed by atoms with Crippen LogP contribution in [0.1, 0.15) is 39.7 Å². The van der Waals surface area contributed by atoms with Gasteiger partial charge in [0.15, 0.2) is 0 Å². The first-order valence-corrected chi connectivity index (χ1v) is 12.1. The van der Waals surface area contributed by atoms with Crippen molar-refractivity contribution in [1.29, 1.82) is 0 Å². The third-order valence-corrected chi connectivity index (χ3v) is 6.78. The molecule has 0 fully saturated rings. The van der Waals surface area contributed by atoms with Gasteiger partial charge in [-0.3, -0.25) is 4.79 Å². The molecule has 33 heavy (non-hydrogen) atoms. The number of nitrogens with one attached hydrogen (secondary N) is 1. The molecule has 0 aliphatic heterocycles. The molecule has 0 aliphatic rings. The van der Waals surface area contributed by atoms with Crippen LogP contribution in [-0.2, 0) is 17.0 Å². The number of rotatable bonds is 8. The average Bonchev–Trinajstić information content (AvgIpc) is 3.15. The van der Waals surface area contributed by atoms with Gasteiger partial charge >= 0.3 is 0 Å². The van der Waals surface area contributed by atoms with Gasteiger partial charge in [0.2, 0.25) is 5.91 Å². The van der Waals surface area contributed by atoms with Crippen LogP contribution in [0, 0.1) is 13.8 Å². The van der Waals surface area contributed by atoms with Crippen molar-refractivity contribution < 1.29 is 9.32 Å². The SMILES string of the molecule is Cc1noc(C)c1CSc1ccc(CC(=O)NC(c2ccccc2)c2ccc(Cl)cc2)cc1. The number of carbonyl (C=O) groups excluding carboxylic acids is 1.